The molecule has 0 aliphatic heterocycles. The van der Waals surface area contributed by atoms with Crippen molar-refractivity contribution in [1.82, 2.24) is 4.90 Å². The molecule has 0 bridgehead atoms. The van der Waals surface area contributed by atoms with Gasteiger partial charge in [-0.05, 0) is 32.5 Å². The molecule has 0 aliphatic carbocycles. The first-order valence-electron chi connectivity index (χ1n) is 5.13. The van der Waals surface area contributed by atoms with Crippen LogP contribution in [-0.2, 0) is 0 Å². The second-order valence-corrected chi connectivity index (χ2v) is 3.98. The van der Waals surface area contributed by atoms with Gasteiger partial charge in [0.1, 0.15) is 0 Å². The molecule has 0 spiro atoms. The van der Waals surface area contributed by atoms with Crippen LogP contribution in [0.15, 0.2) is 0 Å². The highest BCUT2D eigenvalue weighted by atomic mass is 79.9. The van der Waals surface area contributed by atoms with E-state index in [4.69, 9.17) is 0 Å². The Morgan fingerprint density at radius 2 is 1.67 bits per heavy atom. The zero-order valence-electron chi connectivity index (χ0n) is 8.48. The van der Waals surface area contributed by atoms with Gasteiger partial charge in [-0.15, -0.1) is 0 Å². The molecule has 0 N–H and O–H groups in total. The normalized spacial score (nSPS) is 11.0. The summed E-state index contributed by atoms with van der Waals surface area (Å²) in [7, 11) is 0. The first-order valence-corrected chi connectivity index (χ1v) is 6.25. The van der Waals surface area contributed by atoms with E-state index in [9.17, 15) is 0 Å². The first kappa shape index (κ1) is 12.4. The molecule has 0 rings (SSSR count). The molecule has 0 atom stereocenters. The fourth-order valence-electron chi connectivity index (χ4n) is 1.30. The molecule has 0 fully saturated rings. The summed E-state index contributed by atoms with van der Waals surface area (Å²) in [4.78, 5) is 2.54. The van der Waals surface area contributed by atoms with E-state index < -0.39 is 0 Å². The Labute approximate surface area is 85.7 Å². The lowest BCUT2D eigenvalue weighted by Gasteiger charge is -2.19. The van der Waals surface area contributed by atoms with Crippen molar-refractivity contribution in [2.75, 3.05) is 25.0 Å². The molecule has 12 heavy (non-hydrogen) atoms. The minimum Gasteiger partial charge on any atom is -0.304 e. The minimum absolute atomic E-state index is 1.14. The van der Waals surface area contributed by atoms with Gasteiger partial charge in [0, 0.05) is 5.33 Å². The average Bonchev–Trinajstić information content (AvgIpc) is 2.11. The second-order valence-electron chi connectivity index (χ2n) is 3.18. The van der Waals surface area contributed by atoms with Crippen LogP contribution in [0.3, 0.4) is 0 Å². The lowest BCUT2D eigenvalue weighted by atomic mass is 10.2. The minimum atomic E-state index is 1.14. The van der Waals surface area contributed by atoms with Crippen LogP contribution in [0.5, 0.6) is 0 Å². The van der Waals surface area contributed by atoms with Gasteiger partial charge in [-0.3, -0.25) is 0 Å². The summed E-state index contributed by atoms with van der Waals surface area (Å²) in [5, 5.41) is 1.14. The van der Waals surface area contributed by atoms with Gasteiger partial charge in [0.15, 0.2) is 0 Å². The standard InChI is InChI=1S/C10H22BrN/c1-3-5-6-9-12(4-2)10-7-8-11/h3-10H2,1-2H3. The van der Waals surface area contributed by atoms with Gasteiger partial charge in [0.05, 0.1) is 0 Å². The third-order valence-corrected chi connectivity index (χ3v) is 2.69. The van der Waals surface area contributed by atoms with Crippen molar-refractivity contribution in [3.05, 3.63) is 0 Å². The van der Waals surface area contributed by atoms with Gasteiger partial charge < -0.3 is 4.90 Å². The zero-order chi connectivity index (χ0) is 9.23. The molecule has 0 aromatic carbocycles. The first-order chi connectivity index (χ1) is 5.85. The summed E-state index contributed by atoms with van der Waals surface area (Å²) < 4.78 is 0. The molecule has 74 valence electrons. The van der Waals surface area contributed by atoms with Crippen molar-refractivity contribution in [3.63, 3.8) is 0 Å². The Morgan fingerprint density at radius 3 is 2.17 bits per heavy atom. The number of unbranched alkanes of at least 4 members (excludes halogenated alkanes) is 2. The molecule has 0 heterocycles. The molecule has 0 saturated heterocycles. The maximum Gasteiger partial charge on any atom is 0.00434 e. The summed E-state index contributed by atoms with van der Waals surface area (Å²) in [5.74, 6) is 0. The zero-order valence-corrected chi connectivity index (χ0v) is 10.1. The van der Waals surface area contributed by atoms with Crippen molar-refractivity contribution < 1.29 is 0 Å². The van der Waals surface area contributed by atoms with Crippen LogP contribution in [0, 0.1) is 0 Å². The summed E-state index contributed by atoms with van der Waals surface area (Å²) in [5.41, 5.74) is 0. The number of alkyl halides is 1. The summed E-state index contributed by atoms with van der Waals surface area (Å²) >= 11 is 3.46. The molecule has 1 nitrogen and oxygen atoms in total. The van der Waals surface area contributed by atoms with E-state index in [1.54, 1.807) is 0 Å². The van der Waals surface area contributed by atoms with Crippen LogP contribution in [0.25, 0.3) is 0 Å². The lowest BCUT2D eigenvalue weighted by molar-refractivity contribution is 0.283. The Hall–Kier alpha value is 0.440. The van der Waals surface area contributed by atoms with Crippen molar-refractivity contribution in [2.24, 2.45) is 0 Å². The number of hydrogen-bond acceptors (Lipinski definition) is 1. The topological polar surface area (TPSA) is 3.24 Å². The van der Waals surface area contributed by atoms with Crippen LogP contribution in [0.4, 0.5) is 0 Å². The van der Waals surface area contributed by atoms with Gasteiger partial charge in [-0.25, -0.2) is 0 Å². The second kappa shape index (κ2) is 9.53. The SMILES string of the molecule is CCCCCN(CC)CCCBr. The van der Waals surface area contributed by atoms with Crippen molar-refractivity contribution in [1.29, 1.82) is 0 Å². The number of halogens is 1. The molecule has 0 amide bonds. The molecule has 0 aliphatic rings. The lowest BCUT2D eigenvalue weighted by Crippen LogP contribution is -2.25. The van der Waals surface area contributed by atoms with Crippen LogP contribution in [0.1, 0.15) is 39.5 Å². The van der Waals surface area contributed by atoms with Crippen molar-refractivity contribution >= 4 is 15.9 Å². The number of rotatable bonds is 8. The molecule has 0 aromatic rings. The maximum absolute atomic E-state index is 3.46. The summed E-state index contributed by atoms with van der Waals surface area (Å²) in [6, 6.07) is 0. The van der Waals surface area contributed by atoms with Gasteiger partial charge in [-0.1, -0.05) is 42.6 Å². The summed E-state index contributed by atoms with van der Waals surface area (Å²) in [6.07, 6.45) is 5.35. The van der Waals surface area contributed by atoms with Gasteiger partial charge in [-0.2, -0.15) is 0 Å². The molecule has 0 radical (unpaired) electrons. The van der Waals surface area contributed by atoms with Crippen LogP contribution >= 0.6 is 15.9 Å². The largest absolute Gasteiger partial charge is 0.304 e. The highest BCUT2D eigenvalue weighted by molar-refractivity contribution is 9.09. The highest BCUT2D eigenvalue weighted by Crippen LogP contribution is 2.00. The van der Waals surface area contributed by atoms with E-state index in [2.05, 4.69) is 34.7 Å². The van der Waals surface area contributed by atoms with Crippen molar-refractivity contribution in [3.8, 4) is 0 Å². The fraction of sp³-hybridized carbons (Fsp3) is 1.00. The Bertz CT molecular complexity index is 85.9. The molecule has 0 unspecified atom stereocenters. The van der Waals surface area contributed by atoms with Crippen LogP contribution in [-0.4, -0.2) is 29.9 Å². The van der Waals surface area contributed by atoms with E-state index in [0.29, 0.717) is 0 Å². The average molecular weight is 236 g/mol. The van der Waals surface area contributed by atoms with Gasteiger partial charge in [0.2, 0.25) is 0 Å². The molecular weight excluding hydrogens is 214 g/mol. The van der Waals surface area contributed by atoms with E-state index in [-0.39, 0.29) is 0 Å². The number of nitrogens with zero attached hydrogens (tertiary/aromatic N) is 1. The molecular formula is C10H22BrN. The number of hydrogen-bond donors (Lipinski definition) is 0. The molecule has 0 aromatic heterocycles. The molecule has 0 saturated carbocycles. The third-order valence-electron chi connectivity index (χ3n) is 2.13. The quantitative estimate of drug-likeness (QED) is 0.461. The molecule has 2 heteroatoms. The Balaban J connectivity index is 3.26. The maximum atomic E-state index is 3.46. The Kier molecular flexibility index (Phi) is 9.88. The van der Waals surface area contributed by atoms with Crippen LogP contribution < -0.4 is 0 Å². The third kappa shape index (κ3) is 7.11. The monoisotopic (exact) mass is 235 g/mol. The predicted octanol–water partition coefficient (Wildman–Crippen LogP) is 3.28. The van der Waals surface area contributed by atoms with E-state index in [1.165, 1.54) is 45.3 Å². The fourth-order valence-corrected chi connectivity index (χ4v) is 1.55. The smallest absolute Gasteiger partial charge is 0.00434 e. The van der Waals surface area contributed by atoms with Crippen LogP contribution in [0.2, 0.25) is 0 Å². The van der Waals surface area contributed by atoms with E-state index in [1.807, 2.05) is 0 Å². The van der Waals surface area contributed by atoms with Gasteiger partial charge in [0.25, 0.3) is 0 Å². The Morgan fingerprint density at radius 1 is 1.00 bits per heavy atom. The highest BCUT2D eigenvalue weighted by Gasteiger charge is 1.99. The van der Waals surface area contributed by atoms with Gasteiger partial charge >= 0.3 is 0 Å². The summed E-state index contributed by atoms with van der Waals surface area (Å²) in [6.45, 7) is 8.26. The van der Waals surface area contributed by atoms with E-state index >= 15 is 0 Å². The van der Waals surface area contributed by atoms with Crippen molar-refractivity contribution in [2.45, 2.75) is 39.5 Å². The van der Waals surface area contributed by atoms with E-state index in [0.717, 1.165) is 5.33 Å². The predicted molar refractivity (Wildman–Crippen MR) is 60.1 cm³/mol.